The molecule has 1 saturated heterocycles. The van der Waals surface area contributed by atoms with E-state index in [0.29, 0.717) is 17.1 Å². The Labute approximate surface area is 161 Å². The fraction of sp³-hybridized carbons (Fsp3) is 0.211. The molecule has 0 unspecified atom stereocenters. The van der Waals surface area contributed by atoms with E-state index in [1.165, 1.54) is 12.4 Å². The van der Waals surface area contributed by atoms with Gasteiger partial charge in [0.05, 0.1) is 29.7 Å². The lowest BCUT2D eigenvalue weighted by Gasteiger charge is -2.34. The molecule has 0 saturated carbocycles. The molecule has 6 nitrogen and oxygen atoms in total. The van der Waals surface area contributed by atoms with Gasteiger partial charge in [-0.05, 0) is 30.3 Å². The van der Waals surface area contributed by atoms with Crippen LogP contribution in [0.2, 0.25) is 0 Å². The molecule has 1 fully saturated rings. The minimum Gasteiger partial charge on any atom is -0.359 e. The number of fused-ring (bicyclic) bond motifs is 1. The summed E-state index contributed by atoms with van der Waals surface area (Å²) in [5.74, 6) is -1.41. The molecule has 0 atom stereocenters. The van der Waals surface area contributed by atoms with E-state index in [0.717, 1.165) is 17.0 Å². The minimum absolute atomic E-state index is 0.147. The number of nitrogens with one attached hydrogen (secondary N) is 2. The third-order valence-corrected chi connectivity index (χ3v) is 4.57. The molecule has 0 bridgehead atoms. The first-order chi connectivity index (χ1) is 13.7. The van der Waals surface area contributed by atoms with Crippen LogP contribution in [0.4, 0.5) is 23.2 Å². The zero-order valence-corrected chi connectivity index (χ0v) is 14.8. The normalized spacial score (nSPS) is 14.7. The Kier molecular flexibility index (Phi) is 4.48. The number of nitrogens with zero attached hydrogens (tertiary/aromatic N) is 2. The van der Waals surface area contributed by atoms with Gasteiger partial charge in [-0.3, -0.25) is 14.6 Å². The highest BCUT2D eigenvalue weighted by Gasteiger charge is 2.35. The van der Waals surface area contributed by atoms with Gasteiger partial charge < -0.3 is 15.2 Å². The van der Waals surface area contributed by atoms with Crippen LogP contribution in [0.15, 0.2) is 42.7 Å². The van der Waals surface area contributed by atoms with Crippen molar-refractivity contribution in [3.05, 3.63) is 59.4 Å². The zero-order chi connectivity index (χ0) is 20.8. The molecule has 2 amide bonds. The van der Waals surface area contributed by atoms with Crippen molar-refractivity contribution in [2.75, 3.05) is 18.4 Å². The third kappa shape index (κ3) is 3.65. The third-order valence-electron chi connectivity index (χ3n) is 4.57. The molecule has 150 valence electrons. The predicted octanol–water partition coefficient (Wildman–Crippen LogP) is 3.63. The molecule has 0 aliphatic carbocycles. The number of rotatable bonds is 3. The van der Waals surface area contributed by atoms with Crippen molar-refractivity contribution in [1.82, 2.24) is 14.9 Å². The van der Waals surface area contributed by atoms with E-state index in [4.69, 9.17) is 0 Å². The Morgan fingerprint density at radius 2 is 1.97 bits per heavy atom. The lowest BCUT2D eigenvalue weighted by molar-refractivity contribution is -0.137. The van der Waals surface area contributed by atoms with Crippen LogP contribution >= 0.6 is 0 Å². The summed E-state index contributed by atoms with van der Waals surface area (Å²) in [4.78, 5) is 33.0. The number of alkyl halides is 4. The van der Waals surface area contributed by atoms with Crippen molar-refractivity contribution in [3.8, 4) is 0 Å². The summed E-state index contributed by atoms with van der Waals surface area (Å²) in [6.45, 7) is -0.338. The van der Waals surface area contributed by atoms with Gasteiger partial charge in [0.25, 0.3) is 11.8 Å². The van der Waals surface area contributed by atoms with E-state index in [1.807, 2.05) is 0 Å². The maximum atomic E-state index is 13.3. The fourth-order valence-corrected chi connectivity index (χ4v) is 3.09. The number of hydrogen-bond donors (Lipinski definition) is 2. The number of hydrogen-bond acceptors (Lipinski definition) is 3. The largest absolute Gasteiger partial charge is 0.416 e. The van der Waals surface area contributed by atoms with Crippen molar-refractivity contribution in [3.63, 3.8) is 0 Å². The van der Waals surface area contributed by atoms with Gasteiger partial charge in [0.15, 0.2) is 0 Å². The number of aromatic nitrogens is 2. The lowest BCUT2D eigenvalue weighted by atomic mass is 10.0. The highest BCUT2D eigenvalue weighted by molar-refractivity contribution is 6.12. The molecule has 0 radical (unpaired) electrons. The van der Waals surface area contributed by atoms with E-state index in [-0.39, 0.29) is 29.9 Å². The molecule has 1 aliphatic heterocycles. The van der Waals surface area contributed by atoms with E-state index in [2.05, 4.69) is 15.3 Å². The summed E-state index contributed by atoms with van der Waals surface area (Å²) >= 11 is 0. The average molecular weight is 406 g/mol. The molecule has 0 spiro atoms. The van der Waals surface area contributed by atoms with Gasteiger partial charge in [0, 0.05) is 23.6 Å². The number of aromatic amines is 1. The topological polar surface area (TPSA) is 78.1 Å². The summed E-state index contributed by atoms with van der Waals surface area (Å²) in [7, 11) is 0. The predicted molar refractivity (Wildman–Crippen MR) is 96.3 cm³/mol. The fourth-order valence-electron chi connectivity index (χ4n) is 3.09. The van der Waals surface area contributed by atoms with Crippen LogP contribution in [0.5, 0.6) is 0 Å². The molecular formula is C19H14F4N4O2. The summed E-state index contributed by atoms with van der Waals surface area (Å²) < 4.78 is 52.8. The second kappa shape index (κ2) is 6.87. The highest BCUT2D eigenvalue weighted by atomic mass is 19.4. The Balaban J connectivity index is 1.66. The summed E-state index contributed by atoms with van der Waals surface area (Å²) in [6.07, 6.45) is -3.03. The van der Waals surface area contributed by atoms with Gasteiger partial charge in [-0.15, -0.1) is 0 Å². The van der Waals surface area contributed by atoms with E-state index >= 15 is 0 Å². The molecule has 1 aromatic carbocycles. The van der Waals surface area contributed by atoms with Crippen LogP contribution in [-0.2, 0) is 6.18 Å². The highest BCUT2D eigenvalue weighted by Crippen LogP contribution is 2.33. The molecular weight excluding hydrogens is 392 g/mol. The van der Waals surface area contributed by atoms with E-state index in [1.54, 1.807) is 12.1 Å². The maximum absolute atomic E-state index is 13.3. The van der Waals surface area contributed by atoms with Gasteiger partial charge in [-0.25, -0.2) is 4.39 Å². The number of halogens is 4. The summed E-state index contributed by atoms with van der Waals surface area (Å²) in [5.41, 5.74) is -0.462. The number of amides is 2. The molecule has 3 heterocycles. The molecule has 3 aromatic rings. The van der Waals surface area contributed by atoms with Crippen LogP contribution in [0.1, 0.15) is 26.3 Å². The van der Waals surface area contributed by atoms with Gasteiger partial charge in [0.1, 0.15) is 11.7 Å². The van der Waals surface area contributed by atoms with Crippen molar-refractivity contribution in [2.45, 2.75) is 12.3 Å². The van der Waals surface area contributed by atoms with Gasteiger partial charge >= 0.3 is 6.18 Å². The van der Waals surface area contributed by atoms with Crippen molar-refractivity contribution in [1.29, 1.82) is 0 Å². The molecule has 2 aromatic heterocycles. The second-order valence-electron chi connectivity index (χ2n) is 6.66. The number of likely N-dealkylation sites (tertiary alicyclic amines) is 1. The quantitative estimate of drug-likeness (QED) is 0.652. The van der Waals surface area contributed by atoms with Gasteiger partial charge in [0.2, 0.25) is 0 Å². The van der Waals surface area contributed by atoms with E-state index in [9.17, 15) is 27.2 Å². The number of anilines is 1. The first kappa shape index (κ1) is 18.9. The molecule has 2 N–H and O–H groups in total. The number of carbonyl (C=O) groups excluding carboxylic acids is 2. The number of carbonyl (C=O) groups is 2. The smallest absolute Gasteiger partial charge is 0.359 e. The van der Waals surface area contributed by atoms with Gasteiger partial charge in [-0.2, -0.15) is 13.2 Å². The average Bonchev–Trinajstić information content (AvgIpc) is 3.08. The number of pyridine rings is 1. The van der Waals surface area contributed by atoms with Crippen molar-refractivity contribution in [2.24, 2.45) is 0 Å². The van der Waals surface area contributed by atoms with E-state index < -0.39 is 29.7 Å². The first-order valence-electron chi connectivity index (χ1n) is 8.61. The number of benzene rings is 1. The van der Waals surface area contributed by atoms with Gasteiger partial charge in [-0.1, -0.05) is 0 Å². The maximum Gasteiger partial charge on any atom is 0.416 e. The zero-order valence-electron chi connectivity index (χ0n) is 14.8. The molecule has 10 heteroatoms. The Morgan fingerprint density at radius 1 is 1.21 bits per heavy atom. The molecule has 4 rings (SSSR count). The Bertz CT molecular complexity index is 1100. The van der Waals surface area contributed by atoms with Crippen LogP contribution in [0.3, 0.4) is 0 Å². The van der Waals surface area contributed by atoms with Crippen LogP contribution in [0, 0.1) is 0 Å². The van der Waals surface area contributed by atoms with Crippen LogP contribution < -0.4 is 5.32 Å². The second-order valence-corrected chi connectivity index (χ2v) is 6.66. The molecule has 1 aliphatic rings. The Hall–Kier alpha value is -3.43. The summed E-state index contributed by atoms with van der Waals surface area (Å²) in [5, 5.41) is 2.38. The minimum atomic E-state index is -4.73. The summed E-state index contributed by atoms with van der Waals surface area (Å²) in [6, 6.07) is 5.94. The monoisotopic (exact) mass is 406 g/mol. The van der Waals surface area contributed by atoms with Crippen molar-refractivity contribution < 1.29 is 27.2 Å². The van der Waals surface area contributed by atoms with Crippen molar-refractivity contribution >= 4 is 28.5 Å². The SMILES string of the molecule is O=C(Nc1cc(C(=O)N2CC(F)C2)cc(C(F)(F)F)c1)c1c[nH]c2cccnc12. The first-order valence-corrected chi connectivity index (χ1v) is 8.61. The molecule has 29 heavy (non-hydrogen) atoms. The Morgan fingerprint density at radius 3 is 2.66 bits per heavy atom. The van der Waals surface area contributed by atoms with Crippen LogP contribution in [0.25, 0.3) is 11.0 Å². The lowest BCUT2D eigenvalue weighted by Crippen LogP contribution is -2.51. The standard InChI is InChI=1S/C19H14F4N4O2/c20-12-8-27(9-12)18(29)10-4-11(19(21,22)23)6-13(5-10)26-17(28)14-7-25-15-2-1-3-24-16(14)15/h1-7,12,25H,8-9H2,(H,26,28). The van der Waals surface area contributed by atoms with Crippen LogP contribution in [-0.4, -0.2) is 45.9 Å². The number of H-pyrrole nitrogens is 1.